The van der Waals surface area contributed by atoms with Crippen molar-refractivity contribution in [2.24, 2.45) is 5.92 Å². The van der Waals surface area contributed by atoms with Crippen LogP contribution in [0.1, 0.15) is 50.5 Å². The lowest BCUT2D eigenvalue weighted by atomic mass is 9.87. The molecule has 0 saturated carbocycles. The van der Waals surface area contributed by atoms with E-state index in [0.717, 1.165) is 0 Å². The zero-order chi connectivity index (χ0) is 16.9. The van der Waals surface area contributed by atoms with E-state index in [2.05, 4.69) is 39.9 Å². The molecule has 0 fully saturated rings. The molecule has 1 aromatic rings. The second-order valence-electron chi connectivity index (χ2n) is 7.18. The van der Waals surface area contributed by atoms with Crippen molar-refractivity contribution in [1.29, 1.82) is 0 Å². The summed E-state index contributed by atoms with van der Waals surface area (Å²) in [6.07, 6.45) is 0. The topological polar surface area (TPSA) is 49.4 Å². The highest BCUT2D eigenvalue weighted by Crippen LogP contribution is 2.22. The average Bonchev–Trinajstić information content (AvgIpc) is 2.42. The molecular weight excluding hydrogens is 276 g/mol. The molecule has 0 aliphatic heterocycles. The van der Waals surface area contributed by atoms with Gasteiger partial charge in [0.05, 0.1) is 6.54 Å². The van der Waals surface area contributed by atoms with E-state index < -0.39 is 0 Å². The second kappa shape index (κ2) is 7.43. The van der Waals surface area contributed by atoms with Crippen LogP contribution in [0.15, 0.2) is 24.3 Å². The summed E-state index contributed by atoms with van der Waals surface area (Å²) in [7, 11) is 1.76. The smallest absolute Gasteiger partial charge is 0.251 e. The summed E-state index contributed by atoms with van der Waals surface area (Å²) < 4.78 is 0. The molecule has 1 N–H and O–H groups in total. The highest BCUT2D eigenvalue weighted by atomic mass is 16.2. The number of carbonyl (C=O) groups is 2. The third kappa shape index (κ3) is 5.51. The molecule has 0 aromatic heterocycles. The van der Waals surface area contributed by atoms with Crippen LogP contribution < -0.4 is 5.32 Å². The van der Waals surface area contributed by atoms with Crippen LogP contribution in [0.4, 0.5) is 0 Å². The molecule has 0 radical (unpaired) electrons. The third-order valence-corrected chi connectivity index (χ3v) is 3.48. The first-order valence-electron chi connectivity index (χ1n) is 7.74. The van der Waals surface area contributed by atoms with Gasteiger partial charge in [-0.3, -0.25) is 9.59 Å². The van der Waals surface area contributed by atoms with E-state index in [1.165, 1.54) is 5.56 Å². The third-order valence-electron chi connectivity index (χ3n) is 3.48. The summed E-state index contributed by atoms with van der Waals surface area (Å²) in [6, 6.07) is 7.53. The van der Waals surface area contributed by atoms with Crippen molar-refractivity contribution < 1.29 is 9.59 Å². The van der Waals surface area contributed by atoms with Gasteiger partial charge in [0.15, 0.2) is 0 Å². The average molecular weight is 304 g/mol. The molecule has 2 amide bonds. The van der Waals surface area contributed by atoms with E-state index in [1.54, 1.807) is 24.1 Å². The number of carbonyl (C=O) groups excluding carboxylic acids is 2. The maximum absolute atomic E-state index is 12.1. The number of likely N-dealkylation sites (N-methyl/N-ethyl adjacent to an activating group) is 1. The number of benzene rings is 1. The van der Waals surface area contributed by atoms with Crippen LogP contribution in [-0.2, 0) is 10.2 Å². The van der Waals surface area contributed by atoms with E-state index in [4.69, 9.17) is 0 Å². The molecule has 0 atom stereocenters. The van der Waals surface area contributed by atoms with Gasteiger partial charge in [-0.05, 0) is 29.0 Å². The molecule has 0 bridgehead atoms. The summed E-state index contributed by atoms with van der Waals surface area (Å²) in [4.78, 5) is 25.6. The van der Waals surface area contributed by atoms with Gasteiger partial charge in [0.25, 0.3) is 5.91 Å². The van der Waals surface area contributed by atoms with Crippen LogP contribution in [0, 0.1) is 5.92 Å². The highest BCUT2D eigenvalue weighted by molar-refractivity contribution is 5.96. The van der Waals surface area contributed by atoms with Crippen molar-refractivity contribution in [3.05, 3.63) is 35.4 Å². The molecule has 0 saturated heterocycles. The first kappa shape index (κ1) is 18.2. The zero-order valence-corrected chi connectivity index (χ0v) is 14.6. The number of nitrogens with zero attached hydrogens (tertiary/aromatic N) is 1. The van der Waals surface area contributed by atoms with Crippen LogP contribution in [-0.4, -0.2) is 36.9 Å². The molecule has 0 aliphatic carbocycles. The number of nitrogens with one attached hydrogen (secondary N) is 1. The van der Waals surface area contributed by atoms with Gasteiger partial charge in [-0.15, -0.1) is 0 Å². The van der Waals surface area contributed by atoms with Gasteiger partial charge in [-0.25, -0.2) is 0 Å². The predicted octanol–water partition coefficient (Wildman–Crippen LogP) is 2.83. The minimum atomic E-state index is -0.216. The van der Waals surface area contributed by atoms with E-state index in [-0.39, 0.29) is 23.8 Å². The second-order valence-corrected chi connectivity index (χ2v) is 7.18. The Morgan fingerprint density at radius 3 is 2.14 bits per heavy atom. The molecule has 122 valence electrons. The molecule has 4 heteroatoms. The maximum atomic E-state index is 12.1. The lowest BCUT2D eigenvalue weighted by Crippen LogP contribution is -2.39. The van der Waals surface area contributed by atoms with Gasteiger partial charge in [-0.2, -0.15) is 0 Å². The Morgan fingerprint density at radius 1 is 1.14 bits per heavy atom. The first-order valence-corrected chi connectivity index (χ1v) is 7.74. The highest BCUT2D eigenvalue weighted by Gasteiger charge is 2.15. The summed E-state index contributed by atoms with van der Waals surface area (Å²) in [5, 5.41) is 2.68. The Bertz CT molecular complexity index is 513. The fourth-order valence-electron chi connectivity index (χ4n) is 2.16. The van der Waals surface area contributed by atoms with Crippen molar-refractivity contribution in [2.75, 3.05) is 20.1 Å². The van der Waals surface area contributed by atoms with Gasteiger partial charge >= 0.3 is 0 Å². The SMILES string of the molecule is CC(C)CN(C)C(=O)CNC(=O)c1ccc(C(C)(C)C)cc1. The van der Waals surface area contributed by atoms with Crippen LogP contribution in [0.2, 0.25) is 0 Å². The largest absolute Gasteiger partial charge is 0.344 e. The van der Waals surface area contributed by atoms with Crippen molar-refractivity contribution in [2.45, 2.75) is 40.0 Å². The first-order chi connectivity index (χ1) is 10.1. The monoisotopic (exact) mass is 304 g/mol. The molecule has 22 heavy (non-hydrogen) atoms. The molecule has 0 spiro atoms. The van der Waals surface area contributed by atoms with E-state index >= 15 is 0 Å². The van der Waals surface area contributed by atoms with E-state index in [1.807, 2.05) is 12.1 Å². The lowest BCUT2D eigenvalue weighted by molar-refractivity contribution is -0.129. The van der Waals surface area contributed by atoms with Gasteiger partial charge in [-0.1, -0.05) is 46.8 Å². The van der Waals surface area contributed by atoms with Crippen molar-refractivity contribution in [3.8, 4) is 0 Å². The molecule has 1 aromatic carbocycles. The minimum Gasteiger partial charge on any atom is -0.344 e. The van der Waals surface area contributed by atoms with Gasteiger partial charge in [0, 0.05) is 19.2 Å². The Morgan fingerprint density at radius 2 is 1.68 bits per heavy atom. The molecule has 0 heterocycles. The molecule has 4 nitrogen and oxygen atoms in total. The number of hydrogen-bond donors (Lipinski definition) is 1. The summed E-state index contributed by atoms with van der Waals surface area (Å²) in [6.45, 7) is 11.2. The molecule has 1 rings (SSSR count). The standard InChI is InChI=1S/C18H28N2O2/c1-13(2)12-20(6)16(21)11-19-17(22)14-7-9-15(10-8-14)18(3,4)5/h7-10,13H,11-12H2,1-6H3,(H,19,22). The van der Waals surface area contributed by atoms with Crippen molar-refractivity contribution in [3.63, 3.8) is 0 Å². The predicted molar refractivity (Wildman–Crippen MR) is 90.0 cm³/mol. The Kier molecular flexibility index (Phi) is 6.15. The van der Waals surface area contributed by atoms with Gasteiger partial charge < -0.3 is 10.2 Å². The van der Waals surface area contributed by atoms with E-state index in [9.17, 15) is 9.59 Å². The fraction of sp³-hybridized carbons (Fsp3) is 0.556. The quantitative estimate of drug-likeness (QED) is 0.909. The Labute approximate surface area is 133 Å². The van der Waals surface area contributed by atoms with E-state index in [0.29, 0.717) is 18.0 Å². The van der Waals surface area contributed by atoms with Crippen molar-refractivity contribution in [1.82, 2.24) is 10.2 Å². The molecule has 0 aliphatic rings. The summed E-state index contributed by atoms with van der Waals surface area (Å²) in [5.74, 6) is 0.120. The maximum Gasteiger partial charge on any atom is 0.251 e. The molecular formula is C18H28N2O2. The van der Waals surface area contributed by atoms with Crippen LogP contribution >= 0.6 is 0 Å². The van der Waals surface area contributed by atoms with Crippen LogP contribution in [0.25, 0.3) is 0 Å². The van der Waals surface area contributed by atoms with Gasteiger partial charge in [0.1, 0.15) is 0 Å². The summed E-state index contributed by atoms with van der Waals surface area (Å²) in [5.41, 5.74) is 1.81. The lowest BCUT2D eigenvalue weighted by Gasteiger charge is -2.20. The zero-order valence-electron chi connectivity index (χ0n) is 14.6. The fourth-order valence-corrected chi connectivity index (χ4v) is 2.16. The number of amides is 2. The number of rotatable bonds is 5. The minimum absolute atomic E-state index is 0.0308. The Hall–Kier alpha value is -1.84. The van der Waals surface area contributed by atoms with Gasteiger partial charge in [0.2, 0.25) is 5.91 Å². The van der Waals surface area contributed by atoms with Crippen LogP contribution in [0.3, 0.4) is 0 Å². The van der Waals surface area contributed by atoms with Crippen LogP contribution in [0.5, 0.6) is 0 Å². The normalized spacial score (nSPS) is 11.4. The number of hydrogen-bond acceptors (Lipinski definition) is 2. The van der Waals surface area contributed by atoms with Crippen molar-refractivity contribution >= 4 is 11.8 Å². The molecule has 0 unspecified atom stereocenters. The Balaban J connectivity index is 2.57. The summed E-state index contributed by atoms with van der Waals surface area (Å²) >= 11 is 0.